The number of allylic oxidation sites excluding steroid dienone is 2. The van der Waals surface area contributed by atoms with Gasteiger partial charge in [0.1, 0.15) is 0 Å². The van der Waals surface area contributed by atoms with Crippen LogP contribution >= 0.6 is 0 Å². The highest BCUT2D eigenvalue weighted by atomic mass is 16.1. The summed E-state index contributed by atoms with van der Waals surface area (Å²) in [4.78, 5) is 12.3. The van der Waals surface area contributed by atoms with Crippen molar-refractivity contribution in [1.29, 1.82) is 0 Å². The van der Waals surface area contributed by atoms with Crippen LogP contribution in [0, 0.1) is 5.92 Å². The molecule has 2 aromatic rings. The summed E-state index contributed by atoms with van der Waals surface area (Å²) in [5, 5.41) is 3.10. The van der Waals surface area contributed by atoms with Gasteiger partial charge in [0.2, 0.25) is 5.91 Å². The number of hydrogen-bond donors (Lipinski definition) is 1. The summed E-state index contributed by atoms with van der Waals surface area (Å²) in [7, 11) is 0. The van der Waals surface area contributed by atoms with Gasteiger partial charge in [-0.25, -0.2) is 0 Å². The molecule has 2 heteroatoms. The molecule has 2 aliphatic carbocycles. The smallest absolute Gasteiger partial charge is 0.227 e. The monoisotopic (exact) mass is 289 g/mol. The molecule has 2 nitrogen and oxygen atoms in total. The van der Waals surface area contributed by atoms with Crippen LogP contribution in [0.2, 0.25) is 0 Å². The molecule has 0 spiro atoms. The normalized spacial score (nSPS) is 18.6. The van der Waals surface area contributed by atoms with Gasteiger partial charge in [-0.3, -0.25) is 4.79 Å². The number of carbonyl (C=O) groups excluding carboxylic acids is 1. The first kappa shape index (κ1) is 13.3. The van der Waals surface area contributed by atoms with Crippen LogP contribution in [0.5, 0.6) is 0 Å². The molecule has 1 N–H and O–H groups in total. The lowest BCUT2D eigenvalue weighted by Gasteiger charge is -2.17. The van der Waals surface area contributed by atoms with Crippen molar-refractivity contribution in [2.24, 2.45) is 5.92 Å². The molecular weight excluding hydrogens is 270 g/mol. The van der Waals surface area contributed by atoms with Crippen LogP contribution in [0.15, 0.2) is 54.6 Å². The van der Waals surface area contributed by atoms with E-state index in [1.54, 1.807) is 0 Å². The predicted molar refractivity (Wildman–Crippen MR) is 89.8 cm³/mol. The van der Waals surface area contributed by atoms with Crippen LogP contribution in [0.4, 0.5) is 5.69 Å². The standard InChI is InChI=1S/C20H19NO/c22-20(14-6-2-1-3-7-14)21-17-10-11-19-16(13-17)12-15-8-4-5-9-18(15)19/h1-2,4-5,8-11,13-14H,3,6-7,12H2,(H,21,22)/t14-/m1/s1. The lowest BCUT2D eigenvalue weighted by Crippen LogP contribution is -2.23. The number of fused-ring (bicyclic) bond motifs is 3. The van der Waals surface area contributed by atoms with Crippen molar-refractivity contribution in [3.8, 4) is 11.1 Å². The van der Waals surface area contributed by atoms with Crippen molar-refractivity contribution in [3.05, 3.63) is 65.7 Å². The Bertz CT molecular complexity index is 760. The zero-order valence-electron chi connectivity index (χ0n) is 12.5. The molecule has 2 aliphatic rings. The third kappa shape index (κ3) is 2.35. The van der Waals surface area contributed by atoms with Crippen molar-refractivity contribution in [2.75, 3.05) is 5.32 Å². The largest absolute Gasteiger partial charge is 0.326 e. The van der Waals surface area contributed by atoms with Gasteiger partial charge in [0.15, 0.2) is 0 Å². The summed E-state index contributed by atoms with van der Waals surface area (Å²) < 4.78 is 0. The van der Waals surface area contributed by atoms with E-state index in [1.807, 2.05) is 6.07 Å². The Hall–Kier alpha value is -2.35. The number of nitrogens with one attached hydrogen (secondary N) is 1. The zero-order valence-corrected chi connectivity index (χ0v) is 12.5. The van der Waals surface area contributed by atoms with Gasteiger partial charge in [-0.1, -0.05) is 42.5 Å². The van der Waals surface area contributed by atoms with E-state index in [0.29, 0.717) is 0 Å². The molecular formula is C20H19NO. The molecule has 2 aromatic carbocycles. The van der Waals surface area contributed by atoms with E-state index in [0.717, 1.165) is 31.4 Å². The molecule has 4 rings (SSSR count). The molecule has 110 valence electrons. The van der Waals surface area contributed by atoms with Crippen LogP contribution in [0.25, 0.3) is 11.1 Å². The Morgan fingerprint density at radius 3 is 2.73 bits per heavy atom. The van der Waals surface area contributed by atoms with Gasteiger partial charge in [-0.05, 0) is 60.1 Å². The fourth-order valence-electron chi connectivity index (χ4n) is 3.50. The molecule has 1 atom stereocenters. The van der Waals surface area contributed by atoms with Crippen molar-refractivity contribution in [3.63, 3.8) is 0 Å². The highest BCUT2D eigenvalue weighted by molar-refractivity contribution is 5.93. The molecule has 0 bridgehead atoms. The SMILES string of the molecule is O=C(Nc1ccc2c(c1)Cc1ccccc1-2)[C@@H]1CC=CCC1. The Balaban J connectivity index is 1.54. The average Bonchev–Trinajstić information content (AvgIpc) is 2.93. The molecule has 22 heavy (non-hydrogen) atoms. The molecule has 0 aromatic heterocycles. The number of amides is 1. The Kier molecular flexibility index (Phi) is 3.30. The lowest BCUT2D eigenvalue weighted by molar-refractivity contribution is -0.120. The number of benzene rings is 2. The highest BCUT2D eigenvalue weighted by Gasteiger charge is 2.21. The highest BCUT2D eigenvalue weighted by Crippen LogP contribution is 2.37. The van der Waals surface area contributed by atoms with Crippen molar-refractivity contribution in [2.45, 2.75) is 25.7 Å². The first-order chi connectivity index (χ1) is 10.8. The lowest BCUT2D eigenvalue weighted by atomic mass is 9.93. The van der Waals surface area contributed by atoms with E-state index in [9.17, 15) is 4.79 Å². The summed E-state index contributed by atoms with van der Waals surface area (Å²) in [5.74, 6) is 0.273. The van der Waals surface area contributed by atoms with Crippen LogP contribution in [-0.2, 0) is 11.2 Å². The van der Waals surface area contributed by atoms with Gasteiger partial charge in [0, 0.05) is 11.6 Å². The van der Waals surface area contributed by atoms with Gasteiger partial charge in [0.05, 0.1) is 0 Å². The minimum atomic E-state index is 0.121. The van der Waals surface area contributed by atoms with E-state index in [1.165, 1.54) is 22.3 Å². The summed E-state index contributed by atoms with van der Waals surface area (Å²) in [5.41, 5.74) is 6.23. The Labute approximate surface area is 130 Å². The minimum absolute atomic E-state index is 0.121. The second-order valence-corrected chi connectivity index (χ2v) is 6.18. The fraction of sp³-hybridized carbons (Fsp3) is 0.250. The van der Waals surface area contributed by atoms with E-state index in [-0.39, 0.29) is 11.8 Å². The summed E-state index contributed by atoms with van der Waals surface area (Å²) >= 11 is 0. The molecule has 0 radical (unpaired) electrons. The maximum atomic E-state index is 12.3. The van der Waals surface area contributed by atoms with Crippen LogP contribution in [-0.4, -0.2) is 5.91 Å². The van der Waals surface area contributed by atoms with E-state index < -0.39 is 0 Å². The summed E-state index contributed by atoms with van der Waals surface area (Å²) in [6.45, 7) is 0. The van der Waals surface area contributed by atoms with Crippen LogP contribution in [0.3, 0.4) is 0 Å². The van der Waals surface area contributed by atoms with E-state index in [4.69, 9.17) is 0 Å². The van der Waals surface area contributed by atoms with Gasteiger partial charge in [-0.15, -0.1) is 0 Å². The molecule has 0 aliphatic heterocycles. The number of hydrogen-bond acceptors (Lipinski definition) is 1. The Morgan fingerprint density at radius 1 is 1.00 bits per heavy atom. The molecule has 0 saturated heterocycles. The first-order valence-corrected chi connectivity index (χ1v) is 7.98. The third-order valence-corrected chi connectivity index (χ3v) is 4.70. The summed E-state index contributed by atoms with van der Waals surface area (Å²) in [6.07, 6.45) is 8.07. The number of rotatable bonds is 2. The maximum Gasteiger partial charge on any atom is 0.227 e. The van der Waals surface area contributed by atoms with Crippen molar-refractivity contribution < 1.29 is 4.79 Å². The maximum absolute atomic E-state index is 12.3. The van der Waals surface area contributed by atoms with Gasteiger partial charge < -0.3 is 5.32 Å². The molecule has 0 heterocycles. The number of carbonyl (C=O) groups is 1. The van der Waals surface area contributed by atoms with Crippen LogP contribution in [0.1, 0.15) is 30.4 Å². The Morgan fingerprint density at radius 2 is 1.86 bits per heavy atom. The predicted octanol–water partition coefficient (Wildman–Crippen LogP) is 4.55. The second kappa shape index (κ2) is 5.45. The number of anilines is 1. The zero-order chi connectivity index (χ0) is 14.9. The first-order valence-electron chi connectivity index (χ1n) is 7.98. The topological polar surface area (TPSA) is 29.1 Å². The second-order valence-electron chi connectivity index (χ2n) is 6.18. The third-order valence-electron chi connectivity index (χ3n) is 4.70. The average molecular weight is 289 g/mol. The van der Waals surface area contributed by atoms with Crippen LogP contribution < -0.4 is 5.32 Å². The summed E-state index contributed by atoms with van der Waals surface area (Å²) in [6, 6.07) is 14.8. The molecule has 0 saturated carbocycles. The quantitative estimate of drug-likeness (QED) is 0.689. The van der Waals surface area contributed by atoms with E-state index in [2.05, 4.69) is 53.9 Å². The van der Waals surface area contributed by atoms with Crippen molar-refractivity contribution in [1.82, 2.24) is 0 Å². The van der Waals surface area contributed by atoms with Gasteiger partial charge in [0.25, 0.3) is 0 Å². The van der Waals surface area contributed by atoms with Gasteiger partial charge in [-0.2, -0.15) is 0 Å². The van der Waals surface area contributed by atoms with Crippen molar-refractivity contribution >= 4 is 11.6 Å². The van der Waals surface area contributed by atoms with Gasteiger partial charge >= 0.3 is 0 Å². The molecule has 0 unspecified atom stereocenters. The molecule has 1 amide bonds. The van der Waals surface area contributed by atoms with E-state index >= 15 is 0 Å². The molecule has 0 fully saturated rings. The minimum Gasteiger partial charge on any atom is -0.326 e. The fourth-order valence-corrected chi connectivity index (χ4v) is 3.50.